The lowest BCUT2D eigenvalue weighted by Gasteiger charge is -2.28. The zero-order valence-corrected chi connectivity index (χ0v) is 14.6. The van der Waals surface area contributed by atoms with E-state index >= 15 is 0 Å². The quantitative estimate of drug-likeness (QED) is 0.807. The van der Waals surface area contributed by atoms with E-state index in [-0.39, 0.29) is 31.1 Å². The summed E-state index contributed by atoms with van der Waals surface area (Å²) in [6.07, 6.45) is 5.59. The SMILES string of the molecule is CCc1ccccc1NC(=O)CNC(=O)CO[C@H]1CCCC[C@H]1C. The average Bonchev–Trinajstić information content (AvgIpc) is 2.59. The molecule has 0 unspecified atom stereocenters. The van der Waals surface area contributed by atoms with Crippen LogP contribution in [0.5, 0.6) is 0 Å². The van der Waals surface area contributed by atoms with Crippen molar-refractivity contribution in [3.63, 3.8) is 0 Å². The van der Waals surface area contributed by atoms with Crippen molar-refractivity contribution in [3.05, 3.63) is 29.8 Å². The summed E-state index contributed by atoms with van der Waals surface area (Å²) < 4.78 is 5.70. The topological polar surface area (TPSA) is 67.4 Å². The van der Waals surface area contributed by atoms with E-state index in [1.54, 1.807) is 0 Å². The third kappa shape index (κ3) is 5.64. The van der Waals surface area contributed by atoms with Gasteiger partial charge in [0.15, 0.2) is 0 Å². The van der Waals surface area contributed by atoms with Crippen LogP contribution in [0.4, 0.5) is 5.69 Å². The van der Waals surface area contributed by atoms with E-state index < -0.39 is 0 Å². The van der Waals surface area contributed by atoms with Gasteiger partial charge >= 0.3 is 0 Å². The Hall–Kier alpha value is -1.88. The van der Waals surface area contributed by atoms with Crippen molar-refractivity contribution in [1.29, 1.82) is 0 Å². The zero-order chi connectivity index (χ0) is 17.4. The molecule has 5 heteroatoms. The van der Waals surface area contributed by atoms with Crippen LogP contribution in [0, 0.1) is 5.92 Å². The van der Waals surface area contributed by atoms with E-state index in [0.717, 1.165) is 36.9 Å². The van der Waals surface area contributed by atoms with Gasteiger partial charge in [-0.2, -0.15) is 0 Å². The highest BCUT2D eigenvalue weighted by atomic mass is 16.5. The Morgan fingerprint density at radius 1 is 1.17 bits per heavy atom. The highest BCUT2D eigenvalue weighted by Gasteiger charge is 2.22. The van der Waals surface area contributed by atoms with Gasteiger partial charge in [0, 0.05) is 5.69 Å². The molecule has 0 aromatic heterocycles. The number of amides is 2. The summed E-state index contributed by atoms with van der Waals surface area (Å²) in [6.45, 7) is 4.19. The Morgan fingerprint density at radius 3 is 2.67 bits per heavy atom. The maximum Gasteiger partial charge on any atom is 0.246 e. The minimum absolute atomic E-state index is 0.0217. The van der Waals surface area contributed by atoms with Crippen molar-refractivity contribution >= 4 is 17.5 Å². The van der Waals surface area contributed by atoms with Gasteiger partial charge in [-0.05, 0) is 36.8 Å². The number of carbonyl (C=O) groups excluding carboxylic acids is 2. The number of carbonyl (C=O) groups is 2. The molecule has 1 aliphatic carbocycles. The molecule has 2 rings (SSSR count). The Balaban J connectivity index is 1.70. The van der Waals surface area contributed by atoms with Gasteiger partial charge in [-0.15, -0.1) is 0 Å². The summed E-state index contributed by atoms with van der Waals surface area (Å²) in [6, 6.07) is 7.67. The summed E-state index contributed by atoms with van der Waals surface area (Å²) in [5.74, 6) is 0.0300. The molecule has 0 saturated heterocycles. The number of nitrogens with one attached hydrogen (secondary N) is 2. The minimum atomic E-state index is -0.244. The number of hydrogen-bond donors (Lipinski definition) is 2. The van der Waals surface area contributed by atoms with Crippen molar-refractivity contribution in [2.24, 2.45) is 5.92 Å². The van der Waals surface area contributed by atoms with Gasteiger partial charge in [-0.25, -0.2) is 0 Å². The molecule has 1 aromatic carbocycles. The Kier molecular flexibility index (Phi) is 7.25. The molecular weight excluding hydrogens is 304 g/mol. The van der Waals surface area contributed by atoms with Gasteiger partial charge in [0.1, 0.15) is 6.61 Å². The second-order valence-corrected chi connectivity index (χ2v) is 6.45. The second-order valence-electron chi connectivity index (χ2n) is 6.45. The second kappa shape index (κ2) is 9.42. The van der Waals surface area contributed by atoms with Gasteiger partial charge in [0.05, 0.1) is 12.6 Å². The first kappa shape index (κ1) is 18.5. The number of aryl methyl sites for hydroxylation is 1. The van der Waals surface area contributed by atoms with Gasteiger partial charge in [0.25, 0.3) is 0 Å². The molecule has 1 aromatic rings. The molecule has 0 bridgehead atoms. The van der Waals surface area contributed by atoms with Crippen LogP contribution in [0.1, 0.15) is 45.1 Å². The van der Waals surface area contributed by atoms with Crippen LogP contribution in [-0.2, 0) is 20.7 Å². The van der Waals surface area contributed by atoms with E-state index in [9.17, 15) is 9.59 Å². The predicted octanol–water partition coefficient (Wildman–Crippen LogP) is 2.90. The molecule has 1 aliphatic rings. The monoisotopic (exact) mass is 332 g/mol. The number of rotatable bonds is 7. The fourth-order valence-electron chi connectivity index (χ4n) is 3.09. The lowest BCUT2D eigenvalue weighted by atomic mass is 9.88. The molecule has 0 radical (unpaired) electrons. The van der Waals surface area contributed by atoms with Crippen molar-refractivity contribution in [3.8, 4) is 0 Å². The number of ether oxygens (including phenoxy) is 1. The number of benzene rings is 1. The maximum absolute atomic E-state index is 12.0. The first-order chi connectivity index (χ1) is 11.6. The van der Waals surface area contributed by atoms with Gasteiger partial charge < -0.3 is 15.4 Å². The normalized spacial score (nSPS) is 20.4. The van der Waals surface area contributed by atoms with E-state index in [0.29, 0.717) is 5.92 Å². The van der Waals surface area contributed by atoms with Crippen molar-refractivity contribution in [1.82, 2.24) is 5.32 Å². The number of hydrogen-bond acceptors (Lipinski definition) is 3. The third-order valence-electron chi connectivity index (χ3n) is 4.58. The highest BCUT2D eigenvalue weighted by Crippen LogP contribution is 2.26. The lowest BCUT2D eigenvalue weighted by molar-refractivity contribution is -0.131. The predicted molar refractivity (Wildman–Crippen MR) is 94.8 cm³/mol. The van der Waals surface area contributed by atoms with Crippen LogP contribution in [-0.4, -0.2) is 31.1 Å². The molecule has 0 heterocycles. The Bertz CT molecular complexity index is 559. The molecule has 2 N–H and O–H groups in total. The van der Waals surface area contributed by atoms with Crippen LogP contribution in [0.3, 0.4) is 0 Å². The van der Waals surface area contributed by atoms with E-state index in [2.05, 4.69) is 17.6 Å². The molecule has 0 aliphatic heterocycles. The maximum atomic E-state index is 12.0. The van der Waals surface area contributed by atoms with Crippen LogP contribution in [0.2, 0.25) is 0 Å². The summed E-state index contributed by atoms with van der Waals surface area (Å²) in [4.78, 5) is 23.8. The Labute approximate surface area is 144 Å². The van der Waals surface area contributed by atoms with Crippen LogP contribution >= 0.6 is 0 Å². The first-order valence-corrected chi connectivity index (χ1v) is 8.86. The molecule has 24 heavy (non-hydrogen) atoms. The Morgan fingerprint density at radius 2 is 1.92 bits per heavy atom. The lowest BCUT2D eigenvalue weighted by Crippen LogP contribution is -2.37. The molecule has 5 nitrogen and oxygen atoms in total. The highest BCUT2D eigenvalue weighted by molar-refractivity contribution is 5.95. The smallest absolute Gasteiger partial charge is 0.246 e. The van der Waals surface area contributed by atoms with Crippen molar-refractivity contribution in [2.45, 2.75) is 52.1 Å². The molecule has 2 atom stereocenters. The van der Waals surface area contributed by atoms with Crippen LogP contribution in [0.25, 0.3) is 0 Å². The molecule has 1 fully saturated rings. The van der Waals surface area contributed by atoms with Crippen molar-refractivity contribution < 1.29 is 14.3 Å². The summed E-state index contributed by atoms with van der Waals surface area (Å²) in [5, 5.41) is 5.45. The first-order valence-electron chi connectivity index (χ1n) is 8.86. The largest absolute Gasteiger partial charge is 0.368 e. The van der Waals surface area contributed by atoms with Crippen LogP contribution in [0.15, 0.2) is 24.3 Å². The fourth-order valence-corrected chi connectivity index (χ4v) is 3.09. The number of anilines is 1. The molecular formula is C19H28N2O3. The number of para-hydroxylation sites is 1. The van der Waals surface area contributed by atoms with Crippen molar-refractivity contribution in [2.75, 3.05) is 18.5 Å². The zero-order valence-electron chi connectivity index (χ0n) is 14.6. The average molecular weight is 332 g/mol. The van der Waals surface area contributed by atoms with Crippen LogP contribution < -0.4 is 10.6 Å². The summed E-state index contributed by atoms with van der Waals surface area (Å²) >= 11 is 0. The molecule has 132 valence electrons. The minimum Gasteiger partial charge on any atom is -0.368 e. The summed E-state index contributed by atoms with van der Waals surface area (Å²) in [5.41, 5.74) is 1.87. The van der Waals surface area contributed by atoms with Gasteiger partial charge in [-0.3, -0.25) is 9.59 Å². The summed E-state index contributed by atoms with van der Waals surface area (Å²) in [7, 11) is 0. The van der Waals surface area contributed by atoms with Gasteiger partial charge in [-0.1, -0.05) is 44.9 Å². The van der Waals surface area contributed by atoms with Gasteiger partial charge in [0.2, 0.25) is 11.8 Å². The van der Waals surface area contributed by atoms with E-state index in [4.69, 9.17) is 4.74 Å². The third-order valence-corrected chi connectivity index (χ3v) is 4.58. The van der Waals surface area contributed by atoms with E-state index in [1.165, 1.54) is 6.42 Å². The standard InChI is InChI=1S/C19H28N2O3/c1-3-15-9-5-6-10-16(15)21-18(22)12-20-19(23)13-24-17-11-7-4-8-14(17)2/h5-6,9-10,14,17H,3-4,7-8,11-13H2,1-2H3,(H,20,23)(H,21,22)/t14-,17+/m1/s1. The molecule has 2 amide bonds. The molecule has 1 saturated carbocycles. The van der Waals surface area contributed by atoms with E-state index in [1.807, 2.05) is 31.2 Å². The fraction of sp³-hybridized carbons (Fsp3) is 0.579. The molecule has 0 spiro atoms.